The number of hydrogen-bond acceptors (Lipinski definition) is 3. The zero-order valence-electron chi connectivity index (χ0n) is 19.1. The Bertz CT molecular complexity index is 1460. The van der Waals surface area contributed by atoms with Gasteiger partial charge in [-0.25, -0.2) is 0 Å². The molecule has 1 N–H and O–H groups in total. The van der Waals surface area contributed by atoms with Gasteiger partial charge in [0.2, 0.25) is 5.91 Å². The minimum Gasteiger partial charge on any atom is -0.324 e. The first kappa shape index (κ1) is 20.9. The Morgan fingerprint density at radius 3 is 2.30 bits per heavy atom. The monoisotopic (exact) mass is 434 g/mol. The van der Waals surface area contributed by atoms with Gasteiger partial charge in [-0.15, -0.1) is 0 Å². The van der Waals surface area contributed by atoms with Gasteiger partial charge in [-0.2, -0.15) is 5.10 Å². The molecular formula is C28H26N4O. The van der Waals surface area contributed by atoms with Crippen LogP contribution in [-0.2, 0) is 17.8 Å². The fourth-order valence-electron chi connectivity index (χ4n) is 4.13. The molecule has 0 bridgehead atoms. The number of hydrogen-bond donors (Lipinski definition) is 1. The number of aromatic nitrogens is 3. The first-order chi connectivity index (χ1) is 16.0. The molecule has 2 aromatic heterocycles. The van der Waals surface area contributed by atoms with Crippen LogP contribution in [0.5, 0.6) is 0 Å². The lowest BCUT2D eigenvalue weighted by Gasteiger charge is -2.08. The van der Waals surface area contributed by atoms with Gasteiger partial charge in [-0.1, -0.05) is 60.5 Å². The van der Waals surface area contributed by atoms with Crippen molar-refractivity contribution in [2.45, 2.75) is 33.7 Å². The topological polar surface area (TPSA) is 59.8 Å². The molecule has 33 heavy (non-hydrogen) atoms. The smallest absolute Gasteiger partial charge is 0.246 e. The highest BCUT2D eigenvalue weighted by molar-refractivity contribution is 6.08. The third kappa shape index (κ3) is 4.10. The van der Waals surface area contributed by atoms with Crippen molar-refractivity contribution >= 4 is 33.4 Å². The number of aryl methyl sites for hydroxylation is 3. The molecule has 0 aliphatic rings. The van der Waals surface area contributed by atoms with E-state index in [-0.39, 0.29) is 12.5 Å². The minimum atomic E-state index is -0.115. The van der Waals surface area contributed by atoms with E-state index >= 15 is 0 Å². The highest BCUT2D eigenvalue weighted by Crippen LogP contribution is 2.32. The second-order valence-electron chi connectivity index (χ2n) is 8.51. The molecule has 2 heterocycles. The normalized spacial score (nSPS) is 11.2. The maximum absolute atomic E-state index is 13.0. The lowest BCUT2D eigenvalue weighted by Crippen LogP contribution is -2.19. The maximum atomic E-state index is 13.0. The van der Waals surface area contributed by atoms with E-state index in [1.165, 1.54) is 11.1 Å². The molecule has 0 saturated heterocycles. The average molecular weight is 435 g/mol. The zero-order valence-corrected chi connectivity index (χ0v) is 19.1. The summed E-state index contributed by atoms with van der Waals surface area (Å²) in [6.07, 6.45) is 2.80. The van der Waals surface area contributed by atoms with Crippen LogP contribution in [0.4, 0.5) is 5.69 Å². The van der Waals surface area contributed by atoms with Crippen LogP contribution in [0, 0.1) is 13.8 Å². The molecule has 0 aliphatic carbocycles. The number of nitrogens with zero attached hydrogens (tertiary/aromatic N) is 3. The van der Waals surface area contributed by atoms with E-state index in [9.17, 15) is 4.79 Å². The van der Waals surface area contributed by atoms with Crippen molar-refractivity contribution in [3.63, 3.8) is 0 Å². The van der Waals surface area contributed by atoms with E-state index < -0.39 is 0 Å². The minimum absolute atomic E-state index is 0.115. The molecule has 0 radical (unpaired) electrons. The molecule has 0 unspecified atom stereocenters. The first-order valence-corrected chi connectivity index (χ1v) is 11.2. The Kier molecular flexibility index (Phi) is 5.38. The van der Waals surface area contributed by atoms with Crippen molar-refractivity contribution < 1.29 is 4.79 Å². The standard InChI is InChI=1S/C28H26N4O/c1-4-20-9-14-25-23(15-20)28-24(16-29-25)27(21-10-5-18(2)6-11-21)31-32(28)17-26(33)30-22-12-7-19(3)8-13-22/h5-16H,4,17H2,1-3H3,(H,30,33). The van der Waals surface area contributed by atoms with Crippen LogP contribution >= 0.6 is 0 Å². The Labute approximate surface area is 193 Å². The highest BCUT2D eigenvalue weighted by atomic mass is 16.2. The number of pyridine rings is 1. The molecule has 3 aromatic carbocycles. The van der Waals surface area contributed by atoms with Crippen molar-refractivity contribution in [1.29, 1.82) is 0 Å². The van der Waals surface area contributed by atoms with Crippen LogP contribution in [0.25, 0.3) is 33.1 Å². The molecule has 5 nitrogen and oxygen atoms in total. The third-order valence-corrected chi connectivity index (χ3v) is 6.00. The summed E-state index contributed by atoms with van der Waals surface area (Å²) in [5.74, 6) is -0.115. The Morgan fingerprint density at radius 2 is 1.61 bits per heavy atom. The summed E-state index contributed by atoms with van der Waals surface area (Å²) in [5, 5.41) is 9.86. The predicted molar refractivity (Wildman–Crippen MR) is 134 cm³/mol. The van der Waals surface area contributed by atoms with Gasteiger partial charge < -0.3 is 5.32 Å². The van der Waals surface area contributed by atoms with Crippen LogP contribution in [0.3, 0.4) is 0 Å². The molecule has 1 amide bonds. The fourth-order valence-corrected chi connectivity index (χ4v) is 4.13. The number of amides is 1. The van der Waals surface area contributed by atoms with Gasteiger partial charge in [-0.3, -0.25) is 14.5 Å². The molecule has 5 aromatic rings. The number of anilines is 1. The summed E-state index contributed by atoms with van der Waals surface area (Å²) >= 11 is 0. The molecular weight excluding hydrogens is 408 g/mol. The van der Waals surface area contributed by atoms with Crippen LogP contribution in [0.2, 0.25) is 0 Å². The number of nitrogens with one attached hydrogen (secondary N) is 1. The summed E-state index contributed by atoms with van der Waals surface area (Å²) in [4.78, 5) is 17.7. The van der Waals surface area contributed by atoms with Crippen molar-refractivity contribution in [2.24, 2.45) is 0 Å². The molecule has 5 rings (SSSR count). The van der Waals surface area contributed by atoms with Crippen LogP contribution < -0.4 is 5.32 Å². The Morgan fingerprint density at radius 1 is 0.909 bits per heavy atom. The summed E-state index contributed by atoms with van der Waals surface area (Å²) < 4.78 is 1.82. The maximum Gasteiger partial charge on any atom is 0.246 e. The number of rotatable bonds is 5. The van der Waals surface area contributed by atoms with Crippen molar-refractivity contribution in [3.8, 4) is 11.3 Å². The summed E-state index contributed by atoms with van der Waals surface area (Å²) in [6.45, 7) is 6.35. The number of benzene rings is 3. The lowest BCUT2D eigenvalue weighted by molar-refractivity contribution is -0.116. The van der Waals surface area contributed by atoms with E-state index in [0.29, 0.717) is 0 Å². The quantitative estimate of drug-likeness (QED) is 0.365. The predicted octanol–water partition coefficient (Wildman–Crippen LogP) is 6.07. The van der Waals surface area contributed by atoms with Gasteiger partial charge in [-0.05, 0) is 50.1 Å². The molecule has 0 saturated carbocycles. The molecule has 0 aliphatic heterocycles. The van der Waals surface area contributed by atoms with Crippen molar-refractivity contribution in [2.75, 3.05) is 5.32 Å². The third-order valence-electron chi connectivity index (χ3n) is 6.00. The highest BCUT2D eigenvalue weighted by Gasteiger charge is 2.18. The second-order valence-corrected chi connectivity index (χ2v) is 8.51. The SMILES string of the molecule is CCc1ccc2ncc3c(-c4ccc(C)cc4)nn(CC(=O)Nc4ccc(C)cc4)c3c2c1. The van der Waals surface area contributed by atoms with Crippen LogP contribution in [0.15, 0.2) is 72.9 Å². The molecule has 0 fully saturated rings. The number of carbonyl (C=O) groups excluding carboxylic acids is 1. The van der Waals surface area contributed by atoms with Gasteiger partial charge in [0, 0.05) is 28.2 Å². The average Bonchev–Trinajstić information content (AvgIpc) is 3.19. The van der Waals surface area contributed by atoms with E-state index in [1.54, 1.807) is 0 Å². The molecule has 0 spiro atoms. The lowest BCUT2D eigenvalue weighted by atomic mass is 10.0. The Balaban J connectivity index is 1.63. The largest absolute Gasteiger partial charge is 0.324 e. The van der Waals surface area contributed by atoms with Gasteiger partial charge in [0.15, 0.2) is 0 Å². The van der Waals surface area contributed by atoms with E-state index in [4.69, 9.17) is 10.1 Å². The van der Waals surface area contributed by atoms with Gasteiger partial charge >= 0.3 is 0 Å². The van der Waals surface area contributed by atoms with E-state index in [2.05, 4.69) is 55.6 Å². The first-order valence-electron chi connectivity index (χ1n) is 11.2. The van der Waals surface area contributed by atoms with Crippen LogP contribution in [-0.4, -0.2) is 20.7 Å². The molecule has 0 atom stereocenters. The summed E-state index contributed by atoms with van der Waals surface area (Å²) in [6, 6.07) is 22.4. The van der Waals surface area contributed by atoms with E-state index in [0.717, 1.165) is 50.7 Å². The molecule has 5 heteroatoms. The van der Waals surface area contributed by atoms with Gasteiger partial charge in [0.05, 0.1) is 11.0 Å². The van der Waals surface area contributed by atoms with Crippen LogP contribution in [0.1, 0.15) is 23.6 Å². The van der Waals surface area contributed by atoms with Crippen molar-refractivity contribution in [3.05, 3.63) is 89.6 Å². The van der Waals surface area contributed by atoms with Gasteiger partial charge in [0.1, 0.15) is 12.2 Å². The van der Waals surface area contributed by atoms with E-state index in [1.807, 2.05) is 48.1 Å². The summed E-state index contributed by atoms with van der Waals surface area (Å²) in [7, 11) is 0. The zero-order chi connectivity index (χ0) is 22.9. The number of carbonyl (C=O) groups is 1. The number of fused-ring (bicyclic) bond motifs is 3. The molecule has 164 valence electrons. The van der Waals surface area contributed by atoms with Gasteiger partial charge in [0.25, 0.3) is 0 Å². The summed E-state index contributed by atoms with van der Waals surface area (Å²) in [5.41, 5.74) is 8.03. The van der Waals surface area contributed by atoms with Crippen molar-refractivity contribution in [1.82, 2.24) is 14.8 Å². The second kappa shape index (κ2) is 8.51. The fraction of sp³-hybridized carbons (Fsp3) is 0.179. The Hall–Kier alpha value is -3.99.